The summed E-state index contributed by atoms with van der Waals surface area (Å²) in [6.45, 7) is 4.15. The summed E-state index contributed by atoms with van der Waals surface area (Å²) in [5.41, 5.74) is 3.75. The Kier molecular flexibility index (Phi) is 3.94. The molecular formula is C13H15N. The van der Waals surface area contributed by atoms with Gasteiger partial charge < -0.3 is 0 Å². The minimum Gasteiger partial charge on any atom is -0.198 e. The summed E-state index contributed by atoms with van der Waals surface area (Å²) < 4.78 is 0. The molecule has 1 heteroatoms. The molecule has 0 fully saturated rings. The van der Waals surface area contributed by atoms with Crippen LogP contribution in [0.15, 0.2) is 29.8 Å². The number of hydrogen-bond donors (Lipinski definition) is 0. The van der Waals surface area contributed by atoms with Crippen molar-refractivity contribution in [1.82, 2.24) is 0 Å². The Bertz CT molecular complexity index is 369. The third-order valence-electron chi connectivity index (χ3n) is 2.09. The van der Waals surface area contributed by atoms with E-state index in [4.69, 9.17) is 5.26 Å². The molecule has 0 aliphatic rings. The molecule has 1 rings (SSSR count). The first-order valence-corrected chi connectivity index (χ1v) is 4.83. The predicted octanol–water partition coefficient (Wildman–Crippen LogP) is 3.70. The van der Waals surface area contributed by atoms with E-state index in [2.05, 4.69) is 50.3 Å². The molecule has 1 aromatic carbocycles. The van der Waals surface area contributed by atoms with Crippen molar-refractivity contribution in [2.45, 2.75) is 26.7 Å². The highest BCUT2D eigenvalue weighted by atomic mass is 14.2. The van der Waals surface area contributed by atoms with Gasteiger partial charge in [0.25, 0.3) is 0 Å². The monoisotopic (exact) mass is 185 g/mol. The van der Waals surface area contributed by atoms with Gasteiger partial charge in [0.15, 0.2) is 0 Å². The zero-order chi connectivity index (χ0) is 10.4. The maximum Gasteiger partial charge on any atom is 0.0625 e. The van der Waals surface area contributed by atoms with Crippen LogP contribution in [0.3, 0.4) is 0 Å². The number of benzene rings is 1. The second-order valence-electron chi connectivity index (χ2n) is 3.56. The lowest BCUT2D eigenvalue weighted by atomic mass is 10.1. The van der Waals surface area contributed by atoms with Crippen molar-refractivity contribution < 1.29 is 0 Å². The van der Waals surface area contributed by atoms with E-state index in [1.165, 1.54) is 16.7 Å². The van der Waals surface area contributed by atoms with Crippen LogP contribution in [0.1, 0.15) is 30.9 Å². The van der Waals surface area contributed by atoms with E-state index in [1.54, 1.807) is 0 Å². The molecule has 0 atom stereocenters. The van der Waals surface area contributed by atoms with Crippen LogP contribution < -0.4 is 0 Å². The van der Waals surface area contributed by atoms with Crippen LogP contribution >= 0.6 is 0 Å². The molecule has 0 heterocycles. The first kappa shape index (κ1) is 10.5. The smallest absolute Gasteiger partial charge is 0.0625 e. The summed E-state index contributed by atoms with van der Waals surface area (Å²) in [4.78, 5) is 0. The van der Waals surface area contributed by atoms with Crippen molar-refractivity contribution in [2.24, 2.45) is 0 Å². The van der Waals surface area contributed by atoms with E-state index in [9.17, 15) is 0 Å². The molecule has 0 saturated carbocycles. The Balaban J connectivity index is 2.72. The Morgan fingerprint density at radius 1 is 1.50 bits per heavy atom. The molecule has 0 saturated heterocycles. The van der Waals surface area contributed by atoms with Gasteiger partial charge in [-0.05, 0) is 25.8 Å². The zero-order valence-electron chi connectivity index (χ0n) is 8.75. The molecular weight excluding hydrogens is 170 g/mol. The number of rotatable bonds is 3. The Labute approximate surface area is 85.7 Å². The third kappa shape index (κ3) is 3.45. The first-order valence-electron chi connectivity index (χ1n) is 4.83. The molecule has 0 N–H and O–H groups in total. The van der Waals surface area contributed by atoms with Crippen molar-refractivity contribution in [3.05, 3.63) is 41.0 Å². The van der Waals surface area contributed by atoms with E-state index in [0.29, 0.717) is 6.42 Å². The molecule has 1 aromatic rings. The summed E-state index contributed by atoms with van der Waals surface area (Å²) in [7, 11) is 0. The van der Waals surface area contributed by atoms with Crippen LogP contribution in [0.2, 0.25) is 0 Å². The molecule has 0 unspecified atom stereocenters. The molecule has 0 aliphatic carbocycles. The first-order chi connectivity index (χ1) is 6.72. The van der Waals surface area contributed by atoms with E-state index in [0.717, 1.165) is 6.42 Å². The maximum absolute atomic E-state index is 8.45. The fourth-order valence-corrected chi connectivity index (χ4v) is 1.37. The summed E-state index contributed by atoms with van der Waals surface area (Å²) in [5.74, 6) is 0. The lowest BCUT2D eigenvalue weighted by Gasteiger charge is -1.99. The van der Waals surface area contributed by atoms with Gasteiger partial charge in [-0.25, -0.2) is 0 Å². The van der Waals surface area contributed by atoms with Crippen LogP contribution in [0.5, 0.6) is 0 Å². The molecule has 1 nitrogen and oxygen atoms in total. The predicted molar refractivity (Wildman–Crippen MR) is 59.7 cm³/mol. The second-order valence-corrected chi connectivity index (χ2v) is 3.56. The van der Waals surface area contributed by atoms with E-state index in [1.807, 2.05) is 0 Å². The molecule has 72 valence electrons. The maximum atomic E-state index is 8.45. The van der Waals surface area contributed by atoms with Crippen LogP contribution in [0.25, 0.3) is 6.08 Å². The average molecular weight is 185 g/mol. The van der Waals surface area contributed by atoms with Crippen LogP contribution in [0, 0.1) is 18.3 Å². The summed E-state index contributed by atoms with van der Waals surface area (Å²) in [6.07, 6.45) is 3.61. The molecule has 0 aliphatic heterocycles. The van der Waals surface area contributed by atoms with Crippen LogP contribution in [-0.2, 0) is 0 Å². The molecule has 0 radical (unpaired) electrons. The topological polar surface area (TPSA) is 23.8 Å². The minimum absolute atomic E-state index is 0.605. The number of aryl methyl sites for hydroxylation is 1. The molecule has 0 bridgehead atoms. The van der Waals surface area contributed by atoms with E-state index in [-0.39, 0.29) is 0 Å². The standard InChI is InChI=1S/C13H15N/c1-11-5-3-7-13(9-11)10-12(2)6-4-8-14/h3,5,7,9-10H,4,6H2,1-2H3. The average Bonchev–Trinajstić information content (AvgIpc) is 2.15. The Hall–Kier alpha value is -1.55. The lowest BCUT2D eigenvalue weighted by molar-refractivity contribution is 0.996. The quantitative estimate of drug-likeness (QED) is 0.704. The highest BCUT2D eigenvalue weighted by molar-refractivity contribution is 5.53. The van der Waals surface area contributed by atoms with Gasteiger partial charge in [0.2, 0.25) is 0 Å². The Morgan fingerprint density at radius 3 is 2.93 bits per heavy atom. The summed E-state index contributed by atoms with van der Waals surface area (Å²) >= 11 is 0. The van der Waals surface area contributed by atoms with E-state index < -0.39 is 0 Å². The number of nitrogens with zero attached hydrogens (tertiary/aromatic N) is 1. The molecule has 0 spiro atoms. The zero-order valence-corrected chi connectivity index (χ0v) is 8.75. The van der Waals surface area contributed by atoms with Gasteiger partial charge in [-0.2, -0.15) is 5.26 Å². The minimum atomic E-state index is 0.605. The van der Waals surface area contributed by atoms with Crippen molar-refractivity contribution >= 4 is 6.08 Å². The van der Waals surface area contributed by atoms with Gasteiger partial charge in [-0.1, -0.05) is 41.5 Å². The molecule has 0 aromatic heterocycles. The van der Waals surface area contributed by atoms with Crippen molar-refractivity contribution in [2.75, 3.05) is 0 Å². The van der Waals surface area contributed by atoms with Gasteiger partial charge in [0, 0.05) is 6.42 Å². The van der Waals surface area contributed by atoms with Crippen molar-refractivity contribution in [1.29, 1.82) is 5.26 Å². The fourth-order valence-electron chi connectivity index (χ4n) is 1.37. The highest BCUT2D eigenvalue weighted by Crippen LogP contribution is 2.12. The van der Waals surface area contributed by atoms with Gasteiger partial charge in [0.05, 0.1) is 6.07 Å². The van der Waals surface area contributed by atoms with Crippen LogP contribution in [-0.4, -0.2) is 0 Å². The fraction of sp³-hybridized carbons (Fsp3) is 0.308. The summed E-state index contributed by atoms with van der Waals surface area (Å²) in [6, 6.07) is 10.5. The SMILES string of the molecule is CC(=Cc1cccc(C)c1)CCC#N. The van der Waals surface area contributed by atoms with Crippen LogP contribution in [0.4, 0.5) is 0 Å². The number of allylic oxidation sites excluding steroid dienone is 1. The Morgan fingerprint density at radius 2 is 2.29 bits per heavy atom. The largest absolute Gasteiger partial charge is 0.198 e. The van der Waals surface area contributed by atoms with Crippen molar-refractivity contribution in [3.63, 3.8) is 0 Å². The van der Waals surface area contributed by atoms with Gasteiger partial charge >= 0.3 is 0 Å². The normalized spacial score (nSPS) is 11.1. The highest BCUT2D eigenvalue weighted by Gasteiger charge is 1.92. The molecule has 0 amide bonds. The van der Waals surface area contributed by atoms with E-state index >= 15 is 0 Å². The van der Waals surface area contributed by atoms with Crippen molar-refractivity contribution in [3.8, 4) is 6.07 Å². The lowest BCUT2D eigenvalue weighted by Crippen LogP contribution is -1.79. The van der Waals surface area contributed by atoms with Gasteiger partial charge in [-0.3, -0.25) is 0 Å². The number of hydrogen-bond acceptors (Lipinski definition) is 1. The van der Waals surface area contributed by atoms with Gasteiger partial charge in [-0.15, -0.1) is 0 Å². The third-order valence-corrected chi connectivity index (χ3v) is 2.09. The molecule has 14 heavy (non-hydrogen) atoms. The summed E-state index contributed by atoms with van der Waals surface area (Å²) in [5, 5.41) is 8.45. The second kappa shape index (κ2) is 5.24. The van der Waals surface area contributed by atoms with Gasteiger partial charge in [0.1, 0.15) is 0 Å². The number of nitriles is 1.